The number of rotatable bonds is 13. The van der Waals surface area contributed by atoms with Gasteiger partial charge in [-0.2, -0.15) is 0 Å². The van der Waals surface area contributed by atoms with E-state index in [0.717, 1.165) is 48.5 Å². The second kappa shape index (κ2) is 17.0. The number of hydrogen-bond donors (Lipinski definition) is 1. The van der Waals surface area contributed by atoms with Crippen molar-refractivity contribution in [1.29, 1.82) is 0 Å². The average Bonchev–Trinajstić information content (AvgIpc) is 3.59. The molecule has 5 heterocycles. The van der Waals surface area contributed by atoms with Crippen molar-refractivity contribution < 1.29 is 39.0 Å². The van der Waals surface area contributed by atoms with Crippen molar-refractivity contribution in [2.24, 2.45) is 5.92 Å². The van der Waals surface area contributed by atoms with Gasteiger partial charge in [0.1, 0.15) is 33.2 Å². The number of pyridine rings is 1. The number of methoxy groups -OCH3 is 2. The molecule has 0 spiro atoms. The number of nitrogens with one attached hydrogen (secondary N) is 2. The van der Waals surface area contributed by atoms with Crippen molar-refractivity contribution in [2.45, 2.75) is 51.0 Å². The second-order valence-corrected chi connectivity index (χ2v) is 14.4. The predicted molar refractivity (Wildman–Crippen MR) is 190 cm³/mol. The van der Waals surface area contributed by atoms with Crippen LogP contribution in [0.15, 0.2) is 67.0 Å². The number of ether oxygens (including phenoxy) is 4. The fourth-order valence-corrected chi connectivity index (χ4v) is 7.98. The molecule has 3 saturated heterocycles. The highest BCUT2D eigenvalue weighted by Gasteiger charge is 2.38. The normalized spacial score (nSPS) is 19.2. The minimum atomic E-state index is -0.736. The number of piperidine rings is 3. The van der Waals surface area contributed by atoms with Gasteiger partial charge < -0.3 is 24.4 Å². The first-order valence-corrected chi connectivity index (χ1v) is 17.9. The Hall–Kier alpha value is -3.71. The molecule has 13 heteroatoms. The minimum Gasteiger partial charge on any atom is -0.870 e. The van der Waals surface area contributed by atoms with Crippen LogP contribution in [-0.4, -0.2) is 62.3 Å². The Kier molecular flexibility index (Phi) is 12.8. The maximum atomic E-state index is 13.7. The molecular formula is C37H41Cl2N3O7S. The summed E-state index contributed by atoms with van der Waals surface area (Å²) in [6.07, 6.45) is 4.78. The number of hydrogen-bond acceptors (Lipinski definition) is 10. The standard InChI is InChI=1S/C37H39Cl2N3O6S.H2O/c1-22-6-4-5-7-26(22)35(37(44)48-33-21-42-14-12-23(33)13-15-42)41-18-25-9-11-34(49-25)36(43)47-31(17-27-28(38)19-40-20-29(27)39)24-8-10-30(45-2)32(16-24)46-3;/h4-11,16,19-20,23,31,33,35,41H,12-15,17-18,21H2,1-3H3;1H2/t31-,33-,35?;/m0./s1. The first kappa shape index (κ1) is 37.5. The lowest BCUT2D eigenvalue weighted by molar-refractivity contribution is -0.377. The van der Waals surface area contributed by atoms with E-state index in [-0.39, 0.29) is 24.0 Å². The highest BCUT2D eigenvalue weighted by Crippen LogP contribution is 2.36. The molecule has 0 aliphatic carbocycles. The second-order valence-electron chi connectivity index (χ2n) is 12.4. The van der Waals surface area contributed by atoms with Gasteiger partial charge in [0, 0.05) is 30.0 Å². The van der Waals surface area contributed by atoms with Crippen molar-refractivity contribution in [2.75, 3.05) is 33.9 Å². The zero-order valence-corrected chi connectivity index (χ0v) is 30.4. The fraction of sp³-hybridized carbons (Fsp3) is 0.378. The van der Waals surface area contributed by atoms with Crippen LogP contribution >= 0.6 is 34.5 Å². The molecule has 4 aromatic rings. The Morgan fingerprint density at radius 3 is 2.38 bits per heavy atom. The number of fused-ring (bicyclic) bond motifs is 3. The lowest BCUT2D eigenvalue weighted by Crippen LogP contribution is -2.52. The minimum absolute atomic E-state index is 0. The van der Waals surface area contributed by atoms with Crippen molar-refractivity contribution in [3.05, 3.63) is 109 Å². The first-order valence-electron chi connectivity index (χ1n) is 16.3. The molecule has 2 bridgehead atoms. The van der Waals surface area contributed by atoms with Gasteiger partial charge >= 0.3 is 11.9 Å². The van der Waals surface area contributed by atoms with E-state index < -0.39 is 18.1 Å². The lowest BCUT2D eigenvalue weighted by atomic mass is 9.86. The molecule has 0 radical (unpaired) electrons. The van der Waals surface area contributed by atoms with Crippen LogP contribution < -0.4 is 19.8 Å². The van der Waals surface area contributed by atoms with Crippen LogP contribution in [0.25, 0.3) is 0 Å². The smallest absolute Gasteiger partial charge is 0.348 e. The summed E-state index contributed by atoms with van der Waals surface area (Å²) in [5.74, 6) is 0.682. The van der Waals surface area contributed by atoms with Crippen molar-refractivity contribution in [1.82, 2.24) is 10.2 Å². The molecule has 2 aromatic carbocycles. The summed E-state index contributed by atoms with van der Waals surface area (Å²) >= 11 is 14.3. The van der Waals surface area contributed by atoms with Crippen molar-refractivity contribution in [3.63, 3.8) is 0 Å². The van der Waals surface area contributed by atoms with Crippen LogP contribution in [0.5, 0.6) is 11.5 Å². The van der Waals surface area contributed by atoms with Gasteiger partial charge in [-0.05, 0) is 79.7 Å². The lowest BCUT2D eigenvalue weighted by Gasteiger charge is -2.44. The van der Waals surface area contributed by atoms with Gasteiger partial charge in [0.25, 0.3) is 0 Å². The van der Waals surface area contributed by atoms with Crippen LogP contribution in [0.1, 0.15) is 61.8 Å². The van der Waals surface area contributed by atoms with Gasteiger partial charge in [0.2, 0.25) is 0 Å². The number of carbonyl (C=O) groups is 2. The number of aromatic nitrogens is 1. The van der Waals surface area contributed by atoms with E-state index in [1.165, 1.54) is 11.3 Å². The van der Waals surface area contributed by atoms with Gasteiger partial charge in [-0.25, -0.2) is 14.6 Å². The highest BCUT2D eigenvalue weighted by molar-refractivity contribution is 7.13. The number of thiophene rings is 1. The molecule has 1 unspecified atom stereocenters. The van der Waals surface area contributed by atoms with E-state index in [4.69, 9.17) is 42.1 Å². The third-order valence-corrected chi connectivity index (χ3v) is 11.1. The molecule has 2 aromatic heterocycles. The molecule has 0 amide bonds. The van der Waals surface area contributed by atoms with E-state index in [9.17, 15) is 9.59 Å². The summed E-state index contributed by atoms with van der Waals surface area (Å²) in [6.45, 7) is 5.29. The maximum absolute atomic E-state index is 13.7. The number of halogens is 2. The molecule has 3 fully saturated rings. The van der Waals surface area contributed by atoms with E-state index in [1.807, 2.05) is 43.3 Å². The summed E-state index contributed by atoms with van der Waals surface area (Å²) in [6, 6.07) is 16.2. The Morgan fingerprint density at radius 2 is 1.72 bits per heavy atom. The fourth-order valence-electron chi connectivity index (χ4n) is 6.60. The molecule has 266 valence electrons. The molecule has 3 atom stereocenters. The van der Waals surface area contributed by atoms with Crippen LogP contribution in [0, 0.1) is 12.8 Å². The van der Waals surface area contributed by atoms with Gasteiger partial charge in [-0.15, -0.1) is 11.3 Å². The summed E-state index contributed by atoms with van der Waals surface area (Å²) in [5, 5.41) is 4.28. The number of esters is 2. The highest BCUT2D eigenvalue weighted by atomic mass is 35.5. The number of H-pyrrole nitrogens is 1. The third kappa shape index (κ3) is 8.59. The van der Waals surface area contributed by atoms with Gasteiger partial charge in [0.15, 0.2) is 23.9 Å². The number of aromatic amines is 1. The van der Waals surface area contributed by atoms with E-state index in [2.05, 4.69) is 15.2 Å². The summed E-state index contributed by atoms with van der Waals surface area (Å²) in [4.78, 5) is 33.9. The van der Waals surface area contributed by atoms with Crippen LogP contribution in [0.4, 0.5) is 0 Å². The average molecular weight is 743 g/mol. The zero-order valence-electron chi connectivity index (χ0n) is 28.1. The molecule has 3 aliphatic rings. The SMILES string of the molecule is COc1ccc([C@H](Cc2c(Cl)c[nH+]cc2Cl)OC(=O)c2ccc(CNC(C(=O)O[C@H]3CN4CCC3CC4)c3ccccc3C)s2)cc1OC.[OH-]. The summed E-state index contributed by atoms with van der Waals surface area (Å²) < 4.78 is 23.2. The molecule has 10 nitrogen and oxygen atoms in total. The third-order valence-electron chi connectivity index (χ3n) is 9.36. The number of aryl methyl sites for hydroxylation is 1. The Morgan fingerprint density at radius 1 is 1.00 bits per heavy atom. The summed E-state index contributed by atoms with van der Waals surface area (Å²) in [5.41, 5.74) is 3.20. The molecule has 3 aliphatic heterocycles. The Labute approximate surface area is 305 Å². The molecule has 50 heavy (non-hydrogen) atoms. The number of carbonyl (C=O) groups excluding carboxylic acids is 2. The van der Waals surface area contributed by atoms with Gasteiger partial charge in [-0.3, -0.25) is 10.2 Å². The summed E-state index contributed by atoms with van der Waals surface area (Å²) in [7, 11) is 3.11. The van der Waals surface area contributed by atoms with Crippen molar-refractivity contribution in [3.8, 4) is 11.5 Å². The van der Waals surface area contributed by atoms with E-state index in [1.54, 1.807) is 44.8 Å². The van der Waals surface area contributed by atoms with Crippen LogP contribution in [0.3, 0.4) is 0 Å². The quantitative estimate of drug-likeness (QED) is 0.150. The predicted octanol–water partition coefficient (Wildman–Crippen LogP) is 6.63. The molecular weight excluding hydrogens is 701 g/mol. The Balaban J connectivity index is 0.00000486. The van der Waals surface area contributed by atoms with Crippen LogP contribution in [-0.2, 0) is 27.2 Å². The monoisotopic (exact) mass is 741 g/mol. The molecule has 7 rings (SSSR count). The van der Waals surface area contributed by atoms with Crippen molar-refractivity contribution >= 4 is 46.5 Å². The van der Waals surface area contributed by atoms with E-state index >= 15 is 0 Å². The zero-order chi connectivity index (χ0) is 34.5. The Bertz CT molecular complexity index is 1780. The number of benzene rings is 2. The van der Waals surface area contributed by atoms with Gasteiger partial charge in [-0.1, -0.05) is 53.5 Å². The largest absolute Gasteiger partial charge is 0.870 e. The maximum Gasteiger partial charge on any atom is 0.348 e. The molecule has 3 N–H and O–H groups in total. The molecule has 0 saturated carbocycles. The van der Waals surface area contributed by atoms with Gasteiger partial charge in [0.05, 0.1) is 14.2 Å². The first-order chi connectivity index (χ1) is 23.7. The van der Waals surface area contributed by atoms with E-state index in [0.29, 0.717) is 50.0 Å². The number of nitrogens with zero attached hydrogens (tertiary/aromatic N) is 1. The van der Waals surface area contributed by atoms with Crippen LogP contribution in [0.2, 0.25) is 10.0 Å². The topological polar surface area (TPSA) is 130 Å².